The minimum Gasteiger partial charge on any atom is -0.289 e. The quantitative estimate of drug-likeness (QED) is 0.370. The highest BCUT2D eigenvalue weighted by Gasteiger charge is 2.44. The molecule has 2 N–H and O–H groups in total. The summed E-state index contributed by atoms with van der Waals surface area (Å²) in [5.41, 5.74) is 0.922. The zero-order valence-electron chi connectivity index (χ0n) is 19.3. The van der Waals surface area contributed by atoms with E-state index in [4.69, 9.17) is 0 Å². The van der Waals surface area contributed by atoms with Crippen molar-refractivity contribution in [2.75, 3.05) is 33.2 Å². The van der Waals surface area contributed by atoms with E-state index in [0.29, 0.717) is 16.9 Å². The van der Waals surface area contributed by atoms with Crippen molar-refractivity contribution in [3.63, 3.8) is 0 Å². The molecule has 0 aliphatic carbocycles. The Labute approximate surface area is 211 Å². The average molecular weight is 571 g/mol. The summed E-state index contributed by atoms with van der Waals surface area (Å²) in [6, 6.07) is 5.38. The molecule has 2 heterocycles. The summed E-state index contributed by atoms with van der Waals surface area (Å²) in [6.45, 7) is 0.923. The number of nitrogens with one attached hydrogen (secondary N) is 1. The molecule has 0 saturated carbocycles. The maximum Gasteiger partial charge on any atom is 0.416 e. The summed E-state index contributed by atoms with van der Waals surface area (Å²) in [6.07, 6.45) is -3.96. The molecule has 200 valence electrons. The minimum atomic E-state index is -4.51. The fourth-order valence-corrected chi connectivity index (χ4v) is 8.17. The van der Waals surface area contributed by atoms with Crippen molar-refractivity contribution in [1.82, 2.24) is 18.4 Å². The molecular weight excluding hydrogens is 545 g/mol. The van der Waals surface area contributed by atoms with Crippen LogP contribution in [0, 0.1) is 0 Å². The molecule has 1 saturated heterocycles. The van der Waals surface area contributed by atoms with Crippen molar-refractivity contribution in [2.45, 2.75) is 29.8 Å². The summed E-state index contributed by atoms with van der Waals surface area (Å²) in [7, 11) is -6.92. The highest BCUT2D eigenvalue weighted by molar-refractivity contribution is 7.91. The van der Waals surface area contributed by atoms with Gasteiger partial charge in [-0.25, -0.2) is 13.9 Å². The minimum absolute atomic E-state index is 0.187. The smallest absolute Gasteiger partial charge is 0.289 e. The Bertz CT molecular complexity index is 1300. The van der Waals surface area contributed by atoms with Crippen LogP contribution in [-0.4, -0.2) is 80.1 Å². The number of nitrogens with zero attached hydrogens (tertiary/aromatic N) is 3. The first-order chi connectivity index (χ1) is 16.7. The molecule has 1 fully saturated rings. The highest BCUT2D eigenvalue weighted by Crippen LogP contribution is 2.36. The Balaban J connectivity index is 1.88. The van der Waals surface area contributed by atoms with Crippen LogP contribution < -0.4 is 5.48 Å². The first-order valence-electron chi connectivity index (χ1n) is 10.7. The van der Waals surface area contributed by atoms with Crippen LogP contribution in [0.25, 0.3) is 10.4 Å². The first kappa shape index (κ1) is 28.5. The van der Waals surface area contributed by atoms with Gasteiger partial charge in [0.1, 0.15) is 10.3 Å². The van der Waals surface area contributed by atoms with Crippen molar-refractivity contribution in [2.24, 2.45) is 0 Å². The Morgan fingerprint density at radius 2 is 1.78 bits per heavy atom. The van der Waals surface area contributed by atoms with E-state index in [1.807, 2.05) is 0 Å². The number of piperazine rings is 1. The van der Waals surface area contributed by atoms with Crippen LogP contribution in [0.3, 0.4) is 0 Å². The number of hydrogen-bond donors (Lipinski definition) is 2. The molecular formula is C20H25F3N4O6S3. The van der Waals surface area contributed by atoms with E-state index >= 15 is 0 Å². The number of amides is 1. The Kier molecular flexibility index (Phi) is 8.49. The molecule has 0 spiro atoms. The van der Waals surface area contributed by atoms with Gasteiger partial charge in [-0.2, -0.15) is 34.5 Å². The van der Waals surface area contributed by atoms with Gasteiger partial charge in [-0.1, -0.05) is 19.1 Å². The lowest BCUT2D eigenvalue weighted by Gasteiger charge is -2.39. The van der Waals surface area contributed by atoms with Crippen LogP contribution in [0.5, 0.6) is 0 Å². The molecule has 36 heavy (non-hydrogen) atoms. The second-order valence-corrected chi connectivity index (χ2v) is 13.2. The number of thiophene rings is 1. The molecule has 16 heteroatoms. The lowest BCUT2D eigenvalue weighted by Crippen LogP contribution is -2.62. The van der Waals surface area contributed by atoms with Gasteiger partial charge in [0.05, 0.1) is 5.56 Å². The average Bonchev–Trinajstić information content (AvgIpc) is 3.34. The van der Waals surface area contributed by atoms with E-state index in [-0.39, 0.29) is 23.8 Å². The third kappa shape index (κ3) is 5.74. The number of alkyl halides is 3. The first-order valence-corrected chi connectivity index (χ1v) is 14.3. The molecule has 3 rings (SSSR count). The molecule has 2 aromatic rings. The van der Waals surface area contributed by atoms with Gasteiger partial charge in [0, 0.05) is 38.1 Å². The van der Waals surface area contributed by atoms with Crippen molar-refractivity contribution in [1.29, 1.82) is 0 Å². The van der Waals surface area contributed by atoms with Crippen LogP contribution in [0.1, 0.15) is 18.9 Å². The largest absolute Gasteiger partial charge is 0.416 e. The lowest BCUT2D eigenvalue weighted by atomic mass is 10.1. The zero-order valence-corrected chi connectivity index (χ0v) is 21.7. The molecule has 1 aromatic heterocycles. The number of hydroxylamine groups is 1. The summed E-state index contributed by atoms with van der Waals surface area (Å²) >= 11 is 0.794. The molecule has 1 aliphatic rings. The number of sulfonamides is 1. The lowest BCUT2D eigenvalue weighted by molar-refractivity contribution is -0.137. The van der Waals surface area contributed by atoms with Crippen molar-refractivity contribution in [3.05, 3.63) is 42.0 Å². The van der Waals surface area contributed by atoms with E-state index in [0.717, 1.165) is 36.4 Å². The van der Waals surface area contributed by atoms with Gasteiger partial charge in [-0.3, -0.25) is 10.0 Å². The molecule has 1 aliphatic heterocycles. The SMILES string of the molecule is CCCN(C)S(=O)(=O)N1CCN(S(=O)(=O)c2ccc(-c3ccc(C(F)(F)F)cc3)s2)[C@@H](C(=O)NO)C1. The van der Waals surface area contributed by atoms with Crippen molar-refractivity contribution < 1.29 is 40.0 Å². The number of benzene rings is 1. The predicted molar refractivity (Wildman–Crippen MR) is 126 cm³/mol. The van der Waals surface area contributed by atoms with Crippen LogP contribution >= 0.6 is 11.3 Å². The van der Waals surface area contributed by atoms with Gasteiger partial charge in [-0.05, 0) is 36.2 Å². The summed E-state index contributed by atoms with van der Waals surface area (Å²) < 4.78 is 93.6. The summed E-state index contributed by atoms with van der Waals surface area (Å²) in [4.78, 5) is 12.8. The van der Waals surface area contributed by atoms with E-state index in [1.165, 1.54) is 36.8 Å². The van der Waals surface area contributed by atoms with E-state index in [2.05, 4.69) is 0 Å². The summed E-state index contributed by atoms with van der Waals surface area (Å²) in [5.74, 6) is -1.10. The van der Waals surface area contributed by atoms with Crippen LogP contribution in [-0.2, 0) is 31.2 Å². The Morgan fingerprint density at radius 3 is 2.33 bits per heavy atom. The van der Waals surface area contributed by atoms with Crippen LogP contribution in [0.15, 0.2) is 40.6 Å². The fourth-order valence-electron chi connectivity index (χ4n) is 3.71. The third-order valence-corrected chi connectivity index (χ3v) is 11.1. The Hall–Kier alpha value is -2.08. The number of carbonyl (C=O) groups excluding carboxylic acids is 1. The molecule has 0 radical (unpaired) electrons. The standard InChI is InChI=1S/C20H25F3N4O6S3/c1-3-10-25(2)36(32,33)26-11-12-27(16(13-26)19(28)24-29)35(30,31)18-9-8-17(34-18)14-4-6-15(7-5-14)20(21,22)23/h4-9,16,29H,3,10-13H2,1-2H3,(H,24,28)/t16-/m1/s1. The second kappa shape index (κ2) is 10.7. The van der Waals surface area contributed by atoms with Gasteiger partial charge in [0.25, 0.3) is 26.1 Å². The van der Waals surface area contributed by atoms with E-state index in [1.54, 1.807) is 6.92 Å². The second-order valence-electron chi connectivity index (χ2n) is 7.99. The van der Waals surface area contributed by atoms with Crippen LogP contribution in [0.2, 0.25) is 0 Å². The van der Waals surface area contributed by atoms with Crippen LogP contribution in [0.4, 0.5) is 13.2 Å². The van der Waals surface area contributed by atoms with Gasteiger partial charge in [-0.15, -0.1) is 11.3 Å². The number of hydrogen-bond acceptors (Lipinski definition) is 7. The molecule has 1 aromatic carbocycles. The molecule has 1 atom stereocenters. The normalized spacial score (nSPS) is 18.5. The Morgan fingerprint density at radius 1 is 1.14 bits per heavy atom. The van der Waals surface area contributed by atoms with Gasteiger partial charge >= 0.3 is 6.18 Å². The van der Waals surface area contributed by atoms with Gasteiger partial charge in [0.2, 0.25) is 0 Å². The molecule has 10 nitrogen and oxygen atoms in total. The number of halogens is 3. The maximum atomic E-state index is 13.4. The molecule has 1 amide bonds. The fraction of sp³-hybridized carbons (Fsp3) is 0.450. The number of rotatable bonds is 8. The molecule has 0 unspecified atom stereocenters. The van der Waals surface area contributed by atoms with Gasteiger partial charge in [0.15, 0.2) is 0 Å². The number of carbonyl (C=O) groups is 1. The monoisotopic (exact) mass is 570 g/mol. The maximum absolute atomic E-state index is 13.4. The zero-order chi connectivity index (χ0) is 26.9. The van der Waals surface area contributed by atoms with Crippen molar-refractivity contribution in [3.8, 4) is 10.4 Å². The summed E-state index contributed by atoms with van der Waals surface area (Å²) in [5, 5.41) is 9.18. The van der Waals surface area contributed by atoms with E-state index in [9.17, 15) is 40.0 Å². The van der Waals surface area contributed by atoms with Gasteiger partial charge < -0.3 is 0 Å². The molecule has 0 bridgehead atoms. The predicted octanol–water partition coefficient (Wildman–Crippen LogP) is 2.20. The van der Waals surface area contributed by atoms with E-state index < -0.39 is 50.5 Å². The highest BCUT2D eigenvalue weighted by atomic mass is 32.2. The van der Waals surface area contributed by atoms with Crippen molar-refractivity contribution >= 4 is 37.5 Å². The third-order valence-electron chi connectivity index (χ3n) is 5.61. The topological polar surface area (TPSA) is 127 Å².